The van der Waals surface area contributed by atoms with Crippen LogP contribution in [-0.4, -0.2) is 27.2 Å². The molecule has 0 radical (unpaired) electrons. The second kappa shape index (κ2) is 5.36. The molecule has 1 saturated heterocycles. The van der Waals surface area contributed by atoms with E-state index >= 15 is 0 Å². The lowest BCUT2D eigenvalue weighted by atomic mass is 9.99. The lowest BCUT2D eigenvalue weighted by Gasteiger charge is -2.31. The normalized spacial score (nSPS) is 30.7. The zero-order valence-corrected chi connectivity index (χ0v) is 11.7. The Balaban J connectivity index is 2.09. The van der Waals surface area contributed by atoms with Crippen molar-refractivity contribution >= 4 is 0 Å². The van der Waals surface area contributed by atoms with Gasteiger partial charge in [-0.15, -0.1) is 5.10 Å². The predicted octanol–water partition coefficient (Wildman–Crippen LogP) is 2.06. The van der Waals surface area contributed by atoms with Crippen molar-refractivity contribution in [2.75, 3.05) is 0 Å². The van der Waals surface area contributed by atoms with Gasteiger partial charge in [0.2, 0.25) is 0 Å². The fourth-order valence-electron chi connectivity index (χ4n) is 2.55. The smallest absolute Gasteiger partial charge is 0.0996 e. The Kier molecular flexibility index (Phi) is 4.02. The van der Waals surface area contributed by atoms with Gasteiger partial charge in [0.1, 0.15) is 0 Å². The zero-order valence-electron chi connectivity index (χ0n) is 11.7. The molecule has 2 unspecified atom stereocenters. The van der Waals surface area contributed by atoms with E-state index in [9.17, 15) is 0 Å². The third-order valence-electron chi connectivity index (χ3n) is 3.63. The van der Waals surface area contributed by atoms with Crippen molar-refractivity contribution in [2.24, 2.45) is 11.7 Å². The van der Waals surface area contributed by atoms with Crippen LogP contribution in [0.2, 0.25) is 0 Å². The molecule has 0 saturated carbocycles. The van der Waals surface area contributed by atoms with Crippen LogP contribution in [0.4, 0.5) is 0 Å². The fraction of sp³-hybridized carbons (Fsp3) is 0.846. The van der Waals surface area contributed by atoms with Crippen molar-refractivity contribution in [2.45, 2.75) is 64.8 Å². The molecular weight excluding hydrogens is 228 g/mol. The van der Waals surface area contributed by atoms with Crippen molar-refractivity contribution in [1.29, 1.82) is 0 Å². The Hall–Kier alpha value is -0.940. The van der Waals surface area contributed by atoms with Crippen LogP contribution in [0, 0.1) is 5.92 Å². The van der Waals surface area contributed by atoms with Crippen molar-refractivity contribution in [1.82, 2.24) is 15.0 Å². The van der Waals surface area contributed by atoms with Crippen molar-refractivity contribution in [3.63, 3.8) is 0 Å². The third kappa shape index (κ3) is 2.90. The van der Waals surface area contributed by atoms with Crippen LogP contribution in [0.1, 0.15) is 58.3 Å². The van der Waals surface area contributed by atoms with Gasteiger partial charge in [0.25, 0.3) is 0 Å². The molecule has 1 aromatic heterocycles. The van der Waals surface area contributed by atoms with Crippen LogP contribution >= 0.6 is 0 Å². The molecule has 2 rings (SSSR count). The van der Waals surface area contributed by atoms with Crippen LogP contribution < -0.4 is 5.73 Å². The maximum absolute atomic E-state index is 6.09. The summed E-state index contributed by atoms with van der Waals surface area (Å²) in [4.78, 5) is 0. The predicted molar refractivity (Wildman–Crippen MR) is 70.1 cm³/mol. The molecule has 0 spiro atoms. The summed E-state index contributed by atoms with van der Waals surface area (Å²) in [5.74, 6) is 0.377. The van der Waals surface area contributed by atoms with Crippen molar-refractivity contribution in [3.8, 4) is 0 Å². The average Bonchev–Trinajstić information content (AvgIpc) is 2.75. The van der Waals surface area contributed by atoms with Crippen LogP contribution in [0.25, 0.3) is 0 Å². The second-order valence-electron chi connectivity index (χ2n) is 5.78. The lowest BCUT2D eigenvalue weighted by molar-refractivity contribution is -0.0509. The van der Waals surface area contributed by atoms with E-state index in [1.54, 1.807) is 0 Å². The fourth-order valence-corrected chi connectivity index (χ4v) is 2.55. The molecule has 18 heavy (non-hydrogen) atoms. The Morgan fingerprint density at radius 3 is 2.50 bits per heavy atom. The van der Waals surface area contributed by atoms with Gasteiger partial charge in [-0.3, -0.25) is 0 Å². The zero-order chi connectivity index (χ0) is 13.3. The average molecular weight is 252 g/mol. The number of nitrogens with zero attached hydrogens (tertiary/aromatic N) is 3. The maximum Gasteiger partial charge on any atom is 0.0996 e. The Bertz CT molecular complexity index is 380. The molecule has 0 aromatic carbocycles. The highest BCUT2D eigenvalue weighted by Gasteiger charge is 2.27. The topological polar surface area (TPSA) is 66.0 Å². The van der Waals surface area contributed by atoms with Gasteiger partial charge in [-0.1, -0.05) is 19.1 Å². The molecule has 1 aromatic rings. The van der Waals surface area contributed by atoms with E-state index in [-0.39, 0.29) is 18.2 Å². The van der Waals surface area contributed by atoms with Crippen LogP contribution in [-0.2, 0) is 4.74 Å². The summed E-state index contributed by atoms with van der Waals surface area (Å²) in [7, 11) is 0. The van der Waals surface area contributed by atoms with Gasteiger partial charge in [-0.2, -0.15) is 0 Å². The highest BCUT2D eigenvalue weighted by Crippen LogP contribution is 2.28. The third-order valence-corrected chi connectivity index (χ3v) is 3.63. The van der Waals surface area contributed by atoms with Gasteiger partial charge >= 0.3 is 0 Å². The first-order chi connectivity index (χ1) is 8.47. The number of aromatic nitrogens is 3. The standard InChI is InChI=1S/C13H24N4O/c1-8(2)13(14)12-7-17(16-15-12)11-5-9(3)18-10(4)6-11/h7-11,13H,5-6,14H2,1-4H3/t9-,10+,11?,13?. The summed E-state index contributed by atoms with van der Waals surface area (Å²) in [5.41, 5.74) is 6.98. The summed E-state index contributed by atoms with van der Waals surface area (Å²) in [6.07, 6.45) is 4.55. The minimum Gasteiger partial charge on any atom is -0.375 e. The first-order valence-corrected chi connectivity index (χ1v) is 6.80. The first-order valence-electron chi connectivity index (χ1n) is 6.80. The van der Waals surface area contributed by atoms with E-state index in [1.165, 1.54) is 0 Å². The Labute approximate surface area is 109 Å². The molecule has 1 fully saturated rings. The van der Waals surface area contributed by atoms with Crippen molar-refractivity contribution in [3.05, 3.63) is 11.9 Å². The van der Waals surface area contributed by atoms with Gasteiger partial charge in [0, 0.05) is 0 Å². The van der Waals surface area contributed by atoms with Crippen LogP contribution in [0.5, 0.6) is 0 Å². The molecule has 4 atom stereocenters. The van der Waals surface area contributed by atoms with Gasteiger partial charge in [0.15, 0.2) is 0 Å². The summed E-state index contributed by atoms with van der Waals surface area (Å²) in [6.45, 7) is 8.42. The largest absolute Gasteiger partial charge is 0.375 e. The number of hydrogen-bond acceptors (Lipinski definition) is 4. The van der Waals surface area contributed by atoms with Gasteiger partial charge in [-0.25, -0.2) is 4.68 Å². The Morgan fingerprint density at radius 2 is 1.94 bits per heavy atom. The molecule has 1 aliphatic heterocycles. The quantitative estimate of drug-likeness (QED) is 0.894. The summed E-state index contributed by atoms with van der Waals surface area (Å²) in [6, 6.07) is 0.345. The number of rotatable bonds is 3. The first kappa shape index (κ1) is 13.5. The molecule has 0 bridgehead atoms. The van der Waals surface area contributed by atoms with Gasteiger partial charge in [0.05, 0.1) is 36.2 Å². The molecular formula is C13H24N4O. The van der Waals surface area contributed by atoms with E-state index in [2.05, 4.69) is 38.0 Å². The van der Waals surface area contributed by atoms with Gasteiger partial charge in [-0.05, 0) is 32.6 Å². The maximum atomic E-state index is 6.09. The van der Waals surface area contributed by atoms with Gasteiger partial charge < -0.3 is 10.5 Å². The minimum absolute atomic E-state index is 0.0339. The minimum atomic E-state index is -0.0339. The van der Waals surface area contributed by atoms with E-state index in [4.69, 9.17) is 10.5 Å². The van der Waals surface area contributed by atoms with Crippen LogP contribution in [0.3, 0.4) is 0 Å². The van der Waals surface area contributed by atoms with E-state index in [1.807, 2.05) is 10.9 Å². The SMILES string of the molecule is CC(C)C(N)c1cn(C2C[C@@H](C)O[C@@H](C)C2)nn1. The highest BCUT2D eigenvalue weighted by atomic mass is 16.5. The van der Waals surface area contributed by atoms with Crippen LogP contribution in [0.15, 0.2) is 6.20 Å². The molecule has 5 nitrogen and oxygen atoms in total. The van der Waals surface area contributed by atoms with E-state index in [0.717, 1.165) is 18.5 Å². The molecule has 102 valence electrons. The summed E-state index contributed by atoms with van der Waals surface area (Å²) >= 11 is 0. The lowest BCUT2D eigenvalue weighted by Crippen LogP contribution is -2.31. The van der Waals surface area contributed by atoms with E-state index < -0.39 is 0 Å². The number of ether oxygens (including phenoxy) is 1. The molecule has 0 aliphatic carbocycles. The summed E-state index contributed by atoms with van der Waals surface area (Å²) in [5, 5.41) is 8.45. The molecule has 1 aliphatic rings. The number of hydrogen-bond donors (Lipinski definition) is 1. The Morgan fingerprint density at radius 1 is 1.33 bits per heavy atom. The highest BCUT2D eigenvalue weighted by molar-refractivity contribution is 5.01. The molecule has 2 heterocycles. The summed E-state index contributed by atoms with van der Waals surface area (Å²) < 4.78 is 7.71. The molecule has 2 N–H and O–H groups in total. The van der Waals surface area contributed by atoms with E-state index in [0.29, 0.717) is 12.0 Å². The van der Waals surface area contributed by atoms with Crippen molar-refractivity contribution < 1.29 is 4.74 Å². The number of nitrogens with two attached hydrogens (primary N) is 1. The molecule has 0 amide bonds. The monoisotopic (exact) mass is 252 g/mol. The molecule has 5 heteroatoms. The second-order valence-corrected chi connectivity index (χ2v) is 5.78.